The fourth-order valence-corrected chi connectivity index (χ4v) is 1.16. The fraction of sp³-hybridized carbons (Fsp3) is 0.111. The van der Waals surface area contributed by atoms with Crippen molar-refractivity contribution in [1.82, 2.24) is 15.0 Å². The van der Waals surface area contributed by atoms with Gasteiger partial charge in [-0.1, -0.05) is 17.3 Å². The summed E-state index contributed by atoms with van der Waals surface area (Å²) in [6, 6.07) is 4.06. The van der Waals surface area contributed by atoms with E-state index in [0.29, 0.717) is 0 Å². The molecule has 0 saturated carbocycles. The van der Waals surface area contributed by atoms with E-state index in [1.165, 1.54) is 23.0 Å². The molecule has 1 aromatic carbocycles. The third kappa shape index (κ3) is 1.61. The molecule has 0 radical (unpaired) electrons. The van der Waals surface area contributed by atoms with Crippen LogP contribution in [0.3, 0.4) is 0 Å². The highest BCUT2D eigenvalue weighted by atomic mass is 19.2. The standard InChI is InChI=1S/C9H7F2N3/c10-8-3-1-2-7(9(8)11)6-14-5-4-12-13-14/h1-5H,6H2. The molecule has 1 aromatic heterocycles. The second-order valence-corrected chi connectivity index (χ2v) is 2.81. The predicted octanol–water partition coefficient (Wildman–Crippen LogP) is 1.60. The highest BCUT2D eigenvalue weighted by Crippen LogP contribution is 2.11. The molecule has 5 heteroatoms. The molecule has 0 saturated heterocycles. The largest absolute Gasteiger partial charge is 0.248 e. The van der Waals surface area contributed by atoms with E-state index >= 15 is 0 Å². The van der Waals surface area contributed by atoms with Crippen molar-refractivity contribution in [2.75, 3.05) is 0 Å². The van der Waals surface area contributed by atoms with Crippen LogP contribution in [0.4, 0.5) is 8.78 Å². The van der Waals surface area contributed by atoms with Crippen molar-refractivity contribution in [3.8, 4) is 0 Å². The molecule has 1 heterocycles. The Morgan fingerprint density at radius 1 is 1.29 bits per heavy atom. The molecule has 0 unspecified atom stereocenters. The van der Waals surface area contributed by atoms with Crippen molar-refractivity contribution in [3.63, 3.8) is 0 Å². The Hall–Kier alpha value is -1.78. The van der Waals surface area contributed by atoms with Crippen molar-refractivity contribution in [1.29, 1.82) is 0 Å². The lowest BCUT2D eigenvalue weighted by Gasteiger charge is -2.02. The first-order valence-electron chi connectivity index (χ1n) is 4.04. The maximum absolute atomic E-state index is 13.2. The minimum atomic E-state index is -0.845. The Bertz CT molecular complexity index is 426. The zero-order valence-electron chi connectivity index (χ0n) is 7.19. The maximum atomic E-state index is 13.2. The lowest BCUT2D eigenvalue weighted by Crippen LogP contribution is -2.03. The fourth-order valence-electron chi connectivity index (χ4n) is 1.16. The Kier molecular flexibility index (Phi) is 2.22. The first kappa shape index (κ1) is 8.80. The summed E-state index contributed by atoms with van der Waals surface area (Å²) in [7, 11) is 0. The molecule has 2 rings (SSSR count). The first-order chi connectivity index (χ1) is 6.77. The van der Waals surface area contributed by atoms with Gasteiger partial charge in [-0.3, -0.25) is 0 Å². The molecule has 0 aliphatic carbocycles. The van der Waals surface area contributed by atoms with Gasteiger partial charge in [0, 0.05) is 11.8 Å². The van der Waals surface area contributed by atoms with Crippen molar-refractivity contribution in [2.45, 2.75) is 6.54 Å². The highest BCUT2D eigenvalue weighted by Gasteiger charge is 2.07. The smallest absolute Gasteiger partial charge is 0.163 e. The average Bonchev–Trinajstić information content (AvgIpc) is 2.66. The average molecular weight is 195 g/mol. The monoisotopic (exact) mass is 195 g/mol. The van der Waals surface area contributed by atoms with E-state index in [1.54, 1.807) is 6.20 Å². The second-order valence-electron chi connectivity index (χ2n) is 2.81. The van der Waals surface area contributed by atoms with Gasteiger partial charge in [0.15, 0.2) is 11.6 Å². The molecule has 0 aliphatic rings. The van der Waals surface area contributed by atoms with Gasteiger partial charge in [-0.15, -0.1) is 5.10 Å². The van der Waals surface area contributed by atoms with Crippen LogP contribution in [-0.2, 0) is 6.54 Å². The molecule has 0 fully saturated rings. The maximum Gasteiger partial charge on any atom is 0.163 e. The van der Waals surface area contributed by atoms with Crippen LogP contribution in [0, 0.1) is 11.6 Å². The second kappa shape index (κ2) is 3.53. The summed E-state index contributed by atoms with van der Waals surface area (Å²) in [5.41, 5.74) is 0.260. The Morgan fingerprint density at radius 2 is 2.14 bits per heavy atom. The molecule has 0 atom stereocenters. The summed E-state index contributed by atoms with van der Waals surface area (Å²) in [6.07, 6.45) is 3.07. The van der Waals surface area contributed by atoms with Gasteiger partial charge < -0.3 is 0 Å². The van der Waals surface area contributed by atoms with Gasteiger partial charge in [-0.25, -0.2) is 13.5 Å². The molecule has 0 amide bonds. The molecular formula is C9H7F2N3. The number of hydrogen-bond acceptors (Lipinski definition) is 2. The van der Waals surface area contributed by atoms with Crippen LogP contribution < -0.4 is 0 Å². The van der Waals surface area contributed by atoms with Gasteiger partial charge in [0.1, 0.15) is 0 Å². The van der Waals surface area contributed by atoms with Crippen LogP contribution in [0.1, 0.15) is 5.56 Å². The topological polar surface area (TPSA) is 30.7 Å². The van der Waals surface area contributed by atoms with Crippen molar-refractivity contribution >= 4 is 0 Å². The van der Waals surface area contributed by atoms with E-state index in [2.05, 4.69) is 10.3 Å². The Balaban J connectivity index is 2.29. The van der Waals surface area contributed by atoms with Crippen LogP contribution in [0.5, 0.6) is 0 Å². The van der Waals surface area contributed by atoms with Gasteiger partial charge >= 0.3 is 0 Å². The Labute approximate surface area is 79.0 Å². The minimum Gasteiger partial charge on any atom is -0.248 e. The highest BCUT2D eigenvalue weighted by molar-refractivity contribution is 5.18. The SMILES string of the molecule is Fc1cccc(Cn2ccnn2)c1F. The van der Waals surface area contributed by atoms with Gasteiger partial charge in [-0.05, 0) is 6.07 Å². The van der Waals surface area contributed by atoms with Gasteiger partial charge in [0.2, 0.25) is 0 Å². The summed E-state index contributed by atoms with van der Waals surface area (Å²) in [5, 5.41) is 7.23. The molecular weight excluding hydrogens is 188 g/mol. The molecule has 14 heavy (non-hydrogen) atoms. The molecule has 72 valence electrons. The lowest BCUT2D eigenvalue weighted by molar-refractivity contribution is 0.490. The number of aromatic nitrogens is 3. The number of rotatable bonds is 2. The summed E-state index contributed by atoms with van der Waals surface area (Å²) < 4.78 is 27.4. The van der Waals surface area contributed by atoms with Crippen LogP contribution >= 0.6 is 0 Å². The minimum absolute atomic E-state index is 0.184. The van der Waals surface area contributed by atoms with Crippen LogP contribution in [0.15, 0.2) is 30.6 Å². The third-order valence-electron chi connectivity index (χ3n) is 1.84. The quantitative estimate of drug-likeness (QED) is 0.728. The van der Waals surface area contributed by atoms with Crippen molar-refractivity contribution in [3.05, 3.63) is 47.8 Å². The van der Waals surface area contributed by atoms with Crippen LogP contribution in [0.2, 0.25) is 0 Å². The number of halogens is 2. The zero-order valence-corrected chi connectivity index (χ0v) is 7.19. The van der Waals surface area contributed by atoms with E-state index < -0.39 is 11.6 Å². The predicted molar refractivity (Wildman–Crippen MR) is 45.5 cm³/mol. The van der Waals surface area contributed by atoms with E-state index in [0.717, 1.165) is 6.07 Å². The van der Waals surface area contributed by atoms with Crippen molar-refractivity contribution in [2.24, 2.45) is 0 Å². The Morgan fingerprint density at radius 3 is 2.86 bits per heavy atom. The molecule has 0 N–H and O–H groups in total. The van der Waals surface area contributed by atoms with Gasteiger partial charge in [0.05, 0.1) is 12.7 Å². The van der Waals surface area contributed by atoms with Gasteiger partial charge in [-0.2, -0.15) is 0 Å². The molecule has 0 aliphatic heterocycles. The zero-order chi connectivity index (χ0) is 9.97. The third-order valence-corrected chi connectivity index (χ3v) is 1.84. The summed E-state index contributed by atoms with van der Waals surface area (Å²) >= 11 is 0. The van der Waals surface area contributed by atoms with E-state index in [1.807, 2.05) is 0 Å². The van der Waals surface area contributed by atoms with E-state index in [4.69, 9.17) is 0 Å². The van der Waals surface area contributed by atoms with E-state index in [9.17, 15) is 8.78 Å². The summed E-state index contributed by atoms with van der Waals surface area (Å²) in [4.78, 5) is 0. The number of nitrogens with zero attached hydrogens (tertiary/aromatic N) is 3. The molecule has 0 spiro atoms. The lowest BCUT2D eigenvalue weighted by atomic mass is 10.2. The van der Waals surface area contributed by atoms with Crippen LogP contribution in [0.25, 0.3) is 0 Å². The van der Waals surface area contributed by atoms with Crippen molar-refractivity contribution < 1.29 is 8.78 Å². The first-order valence-corrected chi connectivity index (χ1v) is 4.04. The molecule has 0 bridgehead atoms. The normalized spacial score (nSPS) is 10.4. The van der Waals surface area contributed by atoms with E-state index in [-0.39, 0.29) is 12.1 Å². The van der Waals surface area contributed by atoms with Gasteiger partial charge in [0.25, 0.3) is 0 Å². The van der Waals surface area contributed by atoms with Crippen LogP contribution in [-0.4, -0.2) is 15.0 Å². The number of benzene rings is 1. The number of hydrogen-bond donors (Lipinski definition) is 0. The molecule has 3 nitrogen and oxygen atoms in total. The summed E-state index contributed by atoms with van der Waals surface area (Å²) in [5.74, 6) is -1.68. The summed E-state index contributed by atoms with van der Waals surface area (Å²) in [6.45, 7) is 0.184. The molecule has 2 aromatic rings.